The van der Waals surface area contributed by atoms with Gasteiger partial charge in [-0.25, -0.2) is 0 Å². The Hall–Kier alpha value is -1.32. The molecule has 0 aliphatic rings. The summed E-state index contributed by atoms with van der Waals surface area (Å²) >= 11 is 7.64. The molecule has 0 heterocycles. The van der Waals surface area contributed by atoms with Crippen molar-refractivity contribution in [3.05, 3.63) is 53.1 Å². The van der Waals surface area contributed by atoms with Gasteiger partial charge >= 0.3 is 0 Å². The maximum atomic E-state index is 5.82. The van der Waals surface area contributed by atoms with E-state index >= 15 is 0 Å². The van der Waals surface area contributed by atoms with Crippen LogP contribution in [0.2, 0.25) is 5.02 Å². The van der Waals surface area contributed by atoms with Crippen molar-refractivity contribution in [1.82, 2.24) is 0 Å². The molecular weight excluding hydrogens is 290 g/mol. The molecule has 0 aliphatic heterocycles. The molecule has 0 fully saturated rings. The van der Waals surface area contributed by atoms with Gasteiger partial charge in [-0.05, 0) is 61.4 Å². The van der Waals surface area contributed by atoms with Crippen LogP contribution in [0.3, 0.4) is 0 Å². The molecule has 0 saturated heterocycles. The summed E-state index contributed by atoms with van der Waals surface area (Å²) in [6.07, 6.45) is 0.997. The number of ether oxygens (including phenoxy) is 1. The summed E-state index contributed by atoms with van der Waals surface area (Å²) in [4.78, 5) is 1.25. The molecule has 2 N–H and O–H groups in total. The predicted molar refractivity (Wildman–Crippen MR) is 87.9 cm³/mol. The summed E-state index contributed by atoms with van der Waals surface area (Å²) in [6.45, 7) is 2.74. The maximum absolute atomic E-state index is 5.82. The second kappa shape index (κ2) is 7.46. The zero-order chi connectivity index (χ0) is 14.4. The fourth-order valence-electron chi connectivity index (χ4n) is 1.71. The van der Waals surface area contributed by atoms with Gasteiger partial charge in [-0.2, -0.15) is 0 Å². The minimum Gasteiger partial charge on any atom is -0.494 e. The van der Waals surface area contributed by atoms with E-state index in [1.807, 2.05) is 49.0 Å². The van der Waals surface area contributed by atoms with Gasteiger partial charge in [-0.1, -0.05) is 11.6 Å². The summed E-state index contributed by atoms with van der Waals surface area (Å²) in [5.74, 6) is 1.89. The third-order valence-electron chi connectivity index (χ3n) is 2.88. The summed E-state index contributed by atoms with van der Waals surface area (Å²) in [7, 11) is 0. The number of hydrogen-bond acceptors (Lipinski definition) is 3. The van der Waals surface area contributed by atoms with E-state index in [1.54, 1.807) is 0 Å². The highest BCUT2D eigenvalue weighted by Gasteiger charge is 1.99. The van der Waals surface area contributed by atoms with Gasteiger partial charge in [-0.3, -0.25) is 0 Å². The van der Waals surface area contributed by atoms with E-state index in [0.29, 0.717) is 6.61 Å². The number of nitrogens with two attached hydrogens (primary N) is 1. The molecule has 0 aliphatic carbocycles. The van der Waals surface area contributed by atoms with Gasteiger partial charge in [0, 0.05) is 21.4 Å². The summed E-state index contributed by atoms with van der Waals surface area (Å²) in [5.41, 5.74) is 7.78. The van der Waals surface area contributed by atoms with Gasteiger partial charge in [0.1, 0.15) is 5.75 Å². The Balaban J connectivity index is 1.68. The van der Waals surface area contributed by atoms with Crippen LogP contribution in [-0.2, 0) is 0 Å². The Morgan fingerprint density at radius 3 is 2.60 bits per heavy atom. The largest absolute Gasteiger partial charge is 0.494 e. The molecule has 2 rings (SSSR count). The monoisotopic (exact) mass is 307 g/mol. The van der Waals surface area contributed by atoms with Crippen molar-refractivity contribution in [1.29, 1.82) is 0 Å². The maximum Gasteiger partial charge on any atom is 0.119 e. The molecule has 0 saturated carbocycles. The number of nitrogen functional groups attached to an aromatic ring is 1. The van der Waals surface area contributed by atoms with Crippen molar-refractivity contribution in [2.24, 2.45) is 0 Å². The lowest BCUT2D eigenvalue weighted by Gasteiger charge is -2.07. The van der Waals surface area contributed by atoms with E-state index in [9.17, 15) is 0 Å². The lowest BCUT2D eigenvalue weighted by Crippen LogP contribution is -1.98. The Bertz CT molecular complexity index is 557. The van der Waals surface area contributed by atoms with E-state index in [4.69, 9.17) is 22.1 Å². The van der Waals surface area contributed by atoms with Crippen molar-refractivity contribution in [2.75, 3.05) is 18.1 Å². The number of aryl methyl sites for hydroxylation is 1. The van der Waals surface area contributed by atoms with Gasteiger partial charge in [0.2, 0.25) is 0 Å². The first kappa shape index (κ1) is 15.1. The molecule has 0 amide bonds. The molecule has 20 heavy (non-hydrogen) atoms. The molecule has 0 atom stereocenters. The minimum atomic E-state index is 0.711. The normalized spacial score (nSPS) is 10.5. The Morgan fingerprint density at radius 1 is 1.15 bits per heavy atom. The molecule has 0 unspecified atom stereocenters. The molecular formula is C16H18ClNOS. The van der Waals surface area contributed by atoms with Gasteiger partial charge in [0.05, 0.1) is 6.61 Å². The first-order chi connectivity index (χ1) is 9.65. The van der Waals surface area contributed by atoms with Gasteiger partial charge in [0.25, 0.3) is 0 Å². The number of anilines is 1. The third kappa shape index (κ3) is 4.66. The van der Waals surface area contributed by atoms with E-state index in [-0.39, 0.29) is 0 Å². The molecule has 0 spiro atoms. The molecule has 0 aromatic heterocycles. The Morgan fingerprint density at radius 2 is 1.90 bits per heavy atom. The number of halogens is 1. The standard InChI is InChI=1S/C16H18ClNOS/c1-12-11-15(7-8-16(12)18)20-10-2-9-19-14-5-3-13(17)4-6-14/h3-8,11H,2,9-10,18H2,1H3. The first-order valence-electron chi connectivity index (χ1n) is 6.52. The first-order valence-corrected chi connectivity index (χ1v) is 7.89. The van der Waals surface area contributed by atoms with Crippen molar-refractivity contribution in [3.8, 4) is 5.75 Å². The van der Waals surface area contributed by atoms with Crippen LogP contribution in [0.15, 0.2) is 47.4 Å². The highest BCUT2D eigenvalue weighted by atomic mass is 35.5. The van der Waals surface area contributed by atoms with E-state index in [0.717, 1.165) is 34.2 Å². The highest BCUT2D eigenvalue weighted by molar-refractivity contribution is 7.99. The third-order valence-corrected chi connectivity index (χ3v) is 4.21. The van der Waals surface area contributed by atoms with Crippen LogP contribution in [0.4, 0.5) is 5.69 Å². The zero-order valence-corrected chi connectivity index (χ0v) is 13.0. The van der Waals surface area contributed by atoms with Crippen LogP contribution in [-0.4, -0.2) is 12.4 Å². The lowest BCUT2D eigenvalue weighted by atomic mass is 10.2. The fraction of sp³-hybridized carbons (Fsp3) is 0.250. The summed E-state index contributed by atoms with van der Waals surface area (Å²) in [5, 5.41) is 0.728. The van der Waals surface area contributed by atoms with Crippen molar-refractivity contribution < 1.29 is 4.74 Å². The molecule has 2 nitrogen and oxygen atoms in total. The Kier molecular flexibility index (Phi) is 5.62. The number of thioether (sulfide) groups is 1. The van der Waals surface area contributed by atoms with Crippen molar-refractivity contribution in [2.45, 2.75) is 18.2 Å². The SMILES string of the molecule is Cc1cc(SCCCOc2ccc(Cl)cc2)ccc1N. The van der Waals surface area contributed by atoms with E-state index in [1.165, 1.54) is 4.90 Å². The van der Waals surface area contributed by atoms with E-state index in [2.05, 4.69) is 12.1 Å². The van der Waals surface area contributed by atoms with Crippen molar-refractivity contribution >= 4 is 29.1 Å². The van der Waals surface area contributed by atoms with Crippen LogP contribution in [0.5, 0.6) is 5.75 Å². The van der Waals surface area contributed by atoms with Gasteiger partial charge < -0.3 is 10.5 Å². The fourth-order valence-corrected chi connectivity index (χ4v) is 2.76. The molecule has 4 heteroatoms. The quantitative estimate of drug-likeness (QED) is 0.473. The predicted octanol–water partition coefficient (Wildman–Crippen LogP) is 4.79. The van der Waals surface area contributed by atoms with Crippen LogP contribution in [0.25, 0.3) is 0 Å². The number of benzene rings is 2. The van der Waals surface area contributed by atoms with Crippen LogP contribution in [0.1, 0.15) is 12.0 Å². The highest BCUT2D eigenvalue weighted by Crippen LogP contribution is 2.23. The van der Waals surface area contributed by atoms with Crippen molar-refractivity contribution in [3.63, 3.8) is 0 Å². The Labute approximate surface area is 129 Å². The smallest absolute Gasteiger partial charge is 0.119 e. The molecule has 0 bridgehead atoms. The van der Waals surface area contributed by atoms with E-state index < -0.39 is 0 Å². The topological polar surface area (TPSA) is 35.2 Å². The van der Waals surface area contributed by atoms with Crippen LogP contribution >= 0.6 is 23.4 Å². The number of hydrogen-bond donors (Lipinski definition) is 1. The molecule has 2 aromatic carbocycles. The average molecular weight is 308 g/mol. The van der Waals surface area contributed by atoms with Gasteiger partial charge in [-0.15, -0.1) is 11.8 Å². The lowest BCUT2D eigenvalue weighted by molar-refractivity contribution is 0.319. The molecule has 0 radical (unpaired) electrons. The molecule has 2 aromatic rings. The summed E-state index contributed by atoms with van der Waals surface area (Å²) in [6, 6.07) is 13.6. The second-order valence-corrected chi connectivity index (χ2v) is 6.13. The zero-order valence-electron chi connectivity index (χ0n) is 11.4. The van der Waals surface area contributed by atoms with Crippen LogP contribution in [0, 0.1) is 6.92 Å². The van der Waals surface area contributed by atoms with Gasteiger partial charge in [0.15, 0.2) is 0 Å². The van der Waals surface area contributed by atoms with Crippen LogP contribution < -0.4 is 10.5 Å². The average Bonchev–Trinajstić information content (AvgIpc) is 2.44. The summed E-state index contributed by atoms with van der Waals surface area (Å²) < 4.78 is 5.65. The minimum absolute atomic E-state index is 0.711. The number of rotatable bonds is 6. The molecule has 106 valence electrons. The second-order valence-electron chi connectivity index (χ2n) is 4.52.